The fraction of sp³-hybridized carbons (Fsp3) is 0.130. The zero-order chi connectivity index (χ0) is 30.9. The van der Waals surface area contributed by atoms with Gasteiger partial charge in [0, 0.05) is 10.8 Å². The molecular formula is C46H34. The lowest BCUT2D eigenvalue weighted by molar-refractivity contribution is 0.652. The molecule has 0 aliphatic heterocycles. The quantitative estimate of drug-likeness (QED) is 0.177. The largest absolute Gasteiger partial charge is 0.0619 e. The van der Waals surface area contributed by atoms with Crippen molar-refractivity contribution in [3.05, 3.63) is 156 Å². The third-order valence-electron chi connectivity index (χ3n) is 11.4. The van der Waals surface area contributed by atoms with Crippen LogP contribution in [0.15, 0.2) is 133 Å². The van der Waals surface area contributed by atoms with E-state index in [1.54, 1.807) is 0 Å². The van der Waals surface area contributed by atoms with Crippen LogP contribution in [0.25, 0.3) is 76.8 Å². The van der Waals surface area contributed by atoms with Crippen molar-refractivity contribution in [1.29, 1.82) is 0 Å². The Balaban J connectivity index is 1.05. The summed E-state index contributed by atoms with van der Waals surface area (Å²) in [6.45, 7) is 9.55. The second kappa shape index (κ2) is 8.74. The molecule has 0 saturated carbocycles. The predicted molar refractivity (Wildman–Crippen MR) is 196 cm³/mol. The highest BCUT2D eigenvalue weighted by atomic mass is 14.4. The second-order valence-corrected chi connectivity index (χ2v) is 14.5. The molecule has 218 valence electrons. The first-order valence-electron chi connectivity index (χ1n) is 16.5. The molecule has 0 atom stereocenters. The van der Waals surface area contributed by atoms with Crippen LogP contribution in [0.4, 0.5) is 0 Å². The van der Waals surface area contributed by atoms with Crippen molar-refractivity contribution in [3.63, 3.8) is 0 Å². The van der Waals surface area contributed by atoms with E-state index in [9.17, 15) is 0 Å². The van der Waals surface area contributed by atoms with Gasteiger partial charge in [-0.15, -0.1) is 0 Å². The standard InChI is InChI=1S/C46H34/c1-45(2)39-11-6-5-10-34(39)37-25-42-38(26-41(37)45)35-22-20-32(24-40(35)46(42,3)4)27-12-14-28(15-13-27)33-21-18-31-17-16-29-8-7-9-30-19-23-36(33)44(31)43(29)30/h5-26H,1-4H3. The molecular weight excluding hydrogens is 553 g/mol. The average Bonchev–Trinajstić information content (AvgIpc) is 3.45. The molecule has 0 saturated heterocycles. The van der Waals surface area contributed by atoms with Gasteiger partial charge in [-0.1, -0.05) is 143 Å². The van der Waals surface area contributed by atoms with Crippen LogP contribution in [0.3, 0.4) is 0 Å². The van der Waals surface area contributed by atoms with E-state index < -0.39 is 0 Å². The van der Waals surface area contributed by atoms with Gasteiger partial charge in [-0.3, -0.25) is 0 Å². The number of hydrogen-bond donors (Lipinski definition) is 0. The Labute approximate surface area is 270 Å². The van der Waals surface area contributed by atoms with Gasteiger partial charge in [0.2, 0.25) is 0 Å². The number of hydrogen-bond acceptors (Lipinski definition) is 0. The second-order valence-electron chi connectivity index (χ2n) is 14.5. The van der Waals surface area contributed by atoms with Crippen LogP contribution in [0, 0.1) is 0 Å². The van der Waals surface area contributed by atoms with Gasteiger partial charge in [-0.2, -0.15) is 0 Å². The minimum Gasteiger partial charge on any atom is -0.0619 e. The van der Waals surface area contributed by atoms with Gasteiger partial charge in [0.05, 0.1) is 0 Å². The zero-order valence-corrected chi connectivity index (χ0v) is 26.7. The molecule has 0 heteroatoms. The molecule has 0 radical (unpaired) electrons. The highest BCUT2D eigenvalue weighted by Crippen LogP contribution is 2.56. The molecule has 0 aromatic heterocycles. The van der Waals surface area contributed by atoms with E-state index in [1.807, 2.05) is 0 Å². The van der Waals surface area contributed by atoms with Crippen LogP contribution < -0.4 is 0 Å². The monoisotopic (exact) mass is 586 g/mol. The first kappa shape index (κ1) is 26.1. The highest BCUT2D eigenvalue weighted by Gasteiger charge is 2.41. The van der Waals surface area contributed by atoms with Crippen molar-refractivity contribution >= 4 is 32.3 Å². The van der Waals surface area contributed by atoms with Gasteiger partial charge in [0.1, 0.15) is 0 Å². The Hall–Kier alpha value is -5.20. The Morgan fingerprint density at radius 1 is 0.326 bits per heavy atom. The van der Waals surface area contributed by atoms with Gasteiger partial charge in [-0.05, 0) is 117 Å². The third kappa shape index (κ3) is 3.29. The summed E-state index contributed by atoms with van der Waals surface area (Å²) in [7, 11) is 0. The van der Waals surface area contributed by atoms with Crippen LogP contribution in [0.2, 0.25) is 0 Å². The third-order valence-corrected chi connectivity index (χ3v) is 11.4. The molecule has 0 spiro atoms. The SMILES string of the molecule is CC1(C)c2ccccc2-c2cc3c(cc21)-c1ccc(-c2ccc(-c4ccc5ccc6cccc7ccc4c5c67)cc2)cc1C3(C)C. The minimum atomic E-state index is -0.0704. The van der Waals surface area contributed by atoms with Crippen LogP contribution in [-0.4, -0.2) is 0 Å². The fourth-order valence-electron chi connectivity index (χ4n) is 8.94. The first-order valence-corrected chi connectivity index (χ1v) is 16.5. The minimum absolute atomic E-state index is 0.00421. The van der Waals surface area contributed by atoms with E-state index >= 15 is 0 Å². The molecule has 8 aromatic rings. The molecule has 0 N–H and O–H groups in total. The molecule has 0 fully saturated rings. The number of fused-ring (bicyclic) bond motifs is 6. The Morgan fingerprint density at radius 2 is 0.848 bits per heavy atom. The highest BCUT2D eigenvalue weighted by molar-refractivity contribution is 6.25. The first-order chi connectivity index (χ1) is 22.3. The van der Waals surface area contributed by atoms with Gasteiger partial charge in [0.15, 0.2) is 0 Å². The summed E-state index contributed by atoms with van der Waals surface area (Å²) in [4.78, 5) is 0. The zero-order valence-electron chi connectivity index (χ0n) is 26.7. The van der Waals surface area contributed by atoms with Gasteiger partial charge >= 0.3 is 0 Å². The van der Waals surface area contributed by atoms with E-state index in [2.05, 4.69) is 161 Å². The molecule has 2 aliphatic carbocycles. The van der Waals surface area contributed by atoms with E-state index in [0.717, 1.165) is 0 Å². The number of rotatable bonds is 2. The molecule has 0 amide bonds. The average molecular weight is 587 g/mol. The van der Waals surface area contributed by atoms with Crippen molar-refractivity contribution in [2.24, 2.45) is 0 Å². The van der Waals surface area contributed by atoms with Gasteiger partial charge < -0.3 is 0 Å². The Kier molecular flexibility index (Phi) is 4.95. The van der Waals surface area contributed by atoms with Gasteiger partial charge in [0.25, 0.3) is 0 Å². The molecule has 0 bridgehead atoms. The van der Waals surface area contributed by atoms with Crippen LogP contribution >= 0.6 is 0 Å². The maximum absolute atomic E-state index is 2.50. The molecule has 46 heavy (non-hydrogen) atoms. The lowest BCUT2D eigenvalue weighted by Crippen LogP contribution is -2.17. The van der Waals surface area contributed by atoms with Crippen molar-refractivity contribution < 1.29 is 0 Å². The summed E-state index contributed by atoms with van der Waals surface area (Å²) in [5.41, 5.74) is 16.3. The smallest absolute Gasteiger partial charge is 0.0159 e. The van der Waals surface area contributed by atoms with Crippen molar-refractivity contribution in [2.75, 3.05) is 0 Å². The van der Waals surface area contributed by atoms with Crippen LogP contribution in [0.5, 0.6) is 0 Å². The summed E-state index contributed by atoms with van der Waals surface area (Å²) >= 11 is 0. The molecule has 8 aromatic carbocycles. The van der Waals surface area contributed by atoms with Crippen LogP contribution in [-0.2, 0) is 10.8 Å². The van der Waals surface area contributed by atoms with Crippen molar-refractivity contribution in [2.45, 2.75) is 38.5 Å². The fourth-order valence-corrected chi connectivity index (χ4v) is 8.94. The summed E-state index contributed by atoms with van der Waals surface area (Å²) in [6.07, 6.45) is 0. The van der Waals surface area contributed by atoms with E-state index in [4.69, 9.17) is 0 Å². The summed E-state index contributed by atoms with van der Waals surface area (Å²) in [5, 5.41) is 7.99. The summed E-state index contributed by atoms with van der Waals surface area (Å²) in [5.74, 6) is 0. The van der Waals surface area contributed by atoms with E-state index in [1.165, 1.54) is 99.1 Å². The summed E-state index contributed by atoms with van der Waals surface area (Å²) < 4.78 is 0. The molecule has 0 heterocycles. The lowest BCUT2D eigenvalue weighted by Gasteiger charge is -2.24. The maximum atomic E-state index is 2.50. The van der Waals surface area contributed by atoms with Crippen molar-refractivity contribution in [3.8, 4) is 44.5 Å². The number of benzene rings is 8. The van der Waals surface area contributed by atoms with Crippen LogP contribution in [0.1, 0.15) is 49.9 Å². The maximum Gasteiger partial charge on any atom is 0.0159 e. The van der Waals surface area contributed by atoms with Gasteiger partial charge in [-0.25, -0.2) is 0 Å². The van der Waals surface area contributed by atoms with Crippen molar-refractivity contribution in [1.82, 2.24) is 0 Å². The summed E-state index contributed by atoms with van der Waals surface area (Å²) in [6, 6.07) is 50.6. The molecule has 0 unspecified atom stereocenters. The predicted octanol–water partition coefficient (Wildman–Crippen LogP) is 12.5. The van der Waals surface area contributed by atoms with E-state index in [-0.39, 0.29) is 10.8 Å². The lowest BCUT2D eigenvalue weighted by atomic mass is 9.79. The molecule has 2 aliphatic rings. The Bertz CT molecular complexity index is 2540. The Morgan fingerprint density at radius 3 is 1.59 bits per heavy atom. The molecule has 10 rings (SSSR count). The topological polar surface area (TPSA) is 0 Å². The molecule has 0 nitrogen and oxygen atoms in total. The van der Waals surface area contributed by atoms with E-state index in [0.29, 0.717) is 0 Å². The normalized spacial score (nSPS) is 15.3.